The second kappa shape index (κ2) is 9.21. The number of rotatable bonds is 5. The quantitative estimate of drug-likeness (QED) is 0.540. The highest BCUT2D eigenvalue weighted by Gasteiger charge is 2.41. The summed E-state index contributed by atoms with van der Waals surface area (Å²) in [6.07, 6.45) is 0.202. The molecule has 0 radical (unpaired) electrons. The minimum Gasteiger partial charge on any atom is -0.373 e. The zero-order chi connectivity index (χ0) is 26.6. The molecule has 1 saturated heterocycles. The van der Waals surface area contributed by atoms with Crippen LogP contribution in [0, 0.1) is 0 Å². The van der Waals surface area contributed by atoms with E-state index in [4.69, 9.17) is 10.5 Å². The van der Waals surface area contributed by atoms with E-state index in [9.17, 15) is 18.0 Å². The van der Waals surface area contributed by atoms with Crippen molar-refractivity contribution in [3.63, 3.8) is 0 Å². The lowest BCUT2D eigenvalue weighted by molar-refractivity contribution is -0.0440. The maximum Gasteiger partial charge on any atom is 0.256 e. The Labute approximate surface area is 216 Å². The summed E-state index contributed by atoms with van der Waals surface area (Å²) in [5.74, 6) is -1.04. The van der Waals surface area contributed by atoms with Crippen molar-refractivity contribution < 1.29 is 22.7 Å². The Balaban J connectivity index is 1.59. The molecule has 1 fully saturated rings. The molecule has 2 aliphatic heterocycles. The van der Waals surface area contributed by atoms with Gasteiger partial charge in [0.25, 0.3) is 11.8 Å². The molecule has 2 unspecified atom stereocenters. The first-order valence-corrected chi connectivity index (χ1v) is 14.2. The Kier molecular flexibility index (Phi) is 6.85. The van der Waals surface area contributed by atoms with Crippen LogP contribution in [0.5, 0.6) is 0 Å². The van der Waals surface area contributed by atoms with Crippen LogP contribution in [0.4, 0.5) is 5.00 Å². The van der Waals surface area contributed by atoms with Crippen LogP contribution < -0.4 is 16.4 Å². The molecule has 4 rings (SSSR count). The van der Waals surface area contributed by atoms with Crippen LogP contribution in [-0.4, -0.2) is 55.4 Å². The van der Waals surface area contributed by atoms with Crippen LogP contribution in [0.3, 0.4) is 0 Å². The largest absolute Gasteiger partial charge is 0.373 e. The molecule has 1 aromatic heterocycles. The number of morpholine rings is 1. The Bertz CT molecular complexity index is 1290. The number of primary amides is 1. The molecule has 11 heteroatoms. The van der Waals surface area contributed by atoms with E-state index in [0.717, 1.165) is 10.4 Å². The number of carbonyl (C=O) groups excluding carboxylic acids is 2. The Morgan fingerprint density at radius 2 is 1.69 bits per heavy atom. The third kappa shape index (κ3) is 5.08. The van der Waals surface area contributed by atoms with Gasteiger partial charge in [0.15, 0.2) is 0 Å². The zero-order valence-electron chi connectivity index (χ0n) is 21.5. The molecule has 0 saturated carbocycles. The number of anilines is 1. The Hall–Kier alpha value is -2.31. The van der Waals surface area contributed by atoms with Crippen molar-refractivity contribution in [3.8, 4) is 0 Å². The molecule has 0 bridgehead atoms. The van der Waals surface area contributed by atoms with E-state index in [1.807, 2.05) is 27.7 Å². The van der Waals surface area contributed by atoms with E-state index in [1.165, 1.54) is 39.9 Å². The average molecular weight is 535 g/mol. The molecule has 2 amide bonds. The van der Waals surface area contributed by atoms with Gasteiger partial charge in [0.1, 0.15) is 5.00 Å². The van der Waals surface area contributed by atoms with Crippen LogP contribution in [0.25, 0.3) is 0 Å². The first-order valence-electron chi connectivity index (χ1n) is 11.9. The maximum absolute atomic E-state index is 13.1. The lowest BCUT2D eigenvalue weighted by Gasteiger charge is -2.42. The number of amides is 2. The van der Waals surface area contributed by atoms with E-state index < -0.39 is 27.4 Å². The van der Waals surface area contributed by atoms with Crippen LogP contribution in [0.1, 0.15) is 72.7 Å². The summed E-state index contributed by atoms with van der Waals surface area (Å²) >= 11 is 1.34. The van der Waals surface area contributed by atoms with Gasteiger partial charge in [-0.05, 0) is 77.8 Å². The third-order valence-electron chi connectivity index (χ3n) is 6.46. The number of sulfonamides is 1. The summed E-state index contributed by atoms with van der Waals surface area (Å²) in [5, 5.41) is 6.82. The summed E-state index contributed by atoms with van der Waals surface area (Å²) in [6, 6.07) is 5.81. The molecule has 2 aromatic rings. The van der Waals surface area contributed by atoms with E-state index >= 15 is 0 Å². The Morgan fingerprint density at radius 1 is 1.11 bits per heavy atom. The van der Waals surface area contributed by atoms with E-state index in [-0.39, 0.29) is 41.3 Å². The molecular formula is C25H34N4O5S2. The van der Waals surface area contributed by atoms with Crippen LogP contribution >= 0.6 is 11.3 Å². The lowest BCUT2D eigenvalue weighted by Crippen LogP contribution is -2.55. The number of benzene rings is 1. The lowest BCUT2D eigenvalue weighted by atomic mass is 9.81. The average Bonchev–Trinajstić information content (AvgIpc) is 3.10. The number of nitrogens with one attached hydrogen (secondary N) is 2. The van der Waals surface area contributed by atoms with Gasteiger partial charge in [-0.2, -0.15) is 4.31 Å². The second-order valence-corrected chi connectivity index (χ2v) is 13.8. The highest BCUT2D eigenvalue weighted by molar-refractivity contribution is 7.89. The SMILES string of the molecule is CC1CN(S(=O)(=O)c2ccc(C(=O)Nc3sc4c(c3C(N)=O)CC(C)(C)NC4(C)C)cc2)CC(C)O1. The number of hydrogen-bond donors (Lipinski definition) is 3. The van der Waals surface area contributed by atoms with Gasteiger partial charge in [0.05, 0.1) is 22.7 Å². The van der Waals surface area contributed by atoms with Gasteiger partial charge < -0.3 is 21.1 Å². The fourth-order valence-corrected chi connectivity index (χ4v) is 8.17. The van der Waals surface area contributed by atoms with Crippen LogP contribution in [0.15, 0.2) is 29.2 Å². The van der Waals surface area contributed by atoms with Gasteiger partial charge in [0, 0.05) is 34.6 Å². The number of thiophene rings is 1. The highest BCUT2D eigenvalue weighted by atomic mass is 32.2. The molecule has 196 valence electrons. The molecule has 0 aliphatic carbocycles. The molecule has 9 nitrogen and oxygen atoms in total. The summed E-state index contributed by atoms with van der Waals surface area (Å²) in [4.78, 5) is 26.6. The summed E-state index contributed by atoms with van der Waals surface area (Å²) < 4.78 is 33.3. The molecule has 3 heterocycles. The minimum absolute atomic E-state index is 0.111. The van der Waals surface area contributed by atoms with Gasteiger partial charge in [-0.3, -0.25) is 9.59 Å². The summed E-state index contributed by atoms with van der Waals surface area (Å²) in [6.45, 7) is 12.4. The van der Waals surface area contributed by atoms with E-state index in [0.29, 0.717) is 17.0 Å². The second-order valence-electron chi connectivity index (χ2n) is 10.8. The van der Waals surface area contributed by atoms with Gasteiger partial charge in [-0.25, -0.2) is 8.42 Å². The summed E-state index contributed by atoms with van der Waals surface area (Å²) in [5.41, 5.74) is 6.56. The number of hydrogen-bond acceptors (Lipinski definition) is 7. The van der Waals surface area contributed by atoms with Crippen LogP contribution in [0.2, 0.25) is 0 Å². The molecule has 2 atom stereocenters. The molecule has 0 spiro atoms. The predicted molar refractivity (Wildman–Crippen MR) is 140 cm³/mol. The van der Waals surface area contributed by atoms with Crippen molar-refractivity contribution in [3.05, 3.63) is 45.8 Å². The molecule has 36 heavy (non-hydrogen) atoms. The first-order chi connectivity index (χ1) is 16.6. The van der Waals surface area contributed by atoms with Gasteiger partial charge in [-0.15, -0.1) is 11.3 Å². The monoisotopic (exact) mass is 534 g/mol. The summed E-state index contributed by atoms with van der Waals surface area (Å²) in [7, 11) is -3.72. The normalized spacial score (nSPS) is 23.6. The fraction of sp³-hybridized carbons (Fsp3) is 0.520. The zero-order valence-corrected chi connectivity index (χ0v) is 23.1. The molecule has 4 N–H and O–H groups in total. The van der Waals surface area contributed by atoms with Gasteiger partial charge in [0.2, 0.25) is 10.0 Å². The molecule has 1 aromatic carbocycles. The smallest absolute Gasteiger partial charge is 0.256 e. The first kappa shape index (κ1) is 26.7. The number of nitrogens with zero attached hydrogens (tertiary/aromatic N) is 1. The van der Waals surface area contributed by atoms with E-state index in [1.54, 1.807) is 0 Å². The van der Waals surface area contributed by atoms with Crippen molar-refractivity contribution in [1.29, 1.82) is 0 Å². The minimum atomic E-state index is -3.72. The van der Waals surface area contributed by atoms with Crippen molar-refractivity contribution in [2.75, 3.05) is 18.4 Å². The van der Waals surface area contributed by atoms with E-state index in [2.05, 4.69) is 24.5 Å². The number of ether oxygens (including phenoxy) is 1. The third-order valence-corrected chi connectivity index (χ3v) is 9.78. The van der Waals surface area contributed by atoms with Gasteiger partial charge >= 0.3 is 0 Å². The topological polar surface area (TPSA) is 131 Å². The predicted octanol–water partition coefficient (Wildman–Crippen LogP) is 3.06. The highest BCUT2D eigenvalue weighted by Crippen LogP contribution is 2.45. The number of nitrogens with two attached hydrogens (primary N) is 1. The van der Waals surface area contributed by atoms with Crippen molar-refractivity contribution in [2.24, 2.45) is 5.73 Å². The van der Waals surface area contributed by atoms with Crippen molar-refractivity contribution in [2.45, 2.75) is 76.1 Å². The standard InChI is InChI=1S/C25H34N4O5S2/c1-14-12-29(13-15(2)34-14)36(32,33)17-9-7-16(8-10-17)22(31)27-23-19(21(26)30)18-11-24(3,4)28-25(5,6)20(18)35-23/h7-10,14-15,28H,11-13H2,1-6H3,(H2,26,30)(H,27,31). The molecule has 2 aliphatic rings. The molecular weight excluding hydrogens is 500 g/mol. The van der Waals surface area contributed by atoms with Crippen molar-refractivity contribution in [1.82, 2.24) is 9.62 Å². The number of fused-ring (bicyclic) bond motifs is 1. The fourth-order valence-electron chi connectivity index (χ4n) is 5.31. The maximum atomic E-state index is 13.1. The van der Waals surface area contributed by atoms with Crippen molar-refractivity contribution >= 4 is 38.2 Å². The number of carbonyl (C=O) groups is 2. The van der Waals surface area contributed by atoms with Gasteiger partial charge in [-0.1, -0.05) is 0 Å². The Morgan fingerprint density at radius 3 is 2.25 bits per heavy atom. The van der Waals surface area contributed by atoms with Crippen LogP contribution in [-0.2, 0) is 26.7 Å².